The van der Waals surface area contributed by atoms with Crippen molar-refractivity contribution in [2.45, 2.75) is 18.4 Å². The third-order valence-corrected chi connectivity index (χ3v) is 5.42. The molecule has 3 rings (SSSR count). The molecule has 28 heavy (non-hydrogen) atoms. The second-order valence-corrected chi connectivity index (χ2v) is 7.99. The minimum absolute atomic E-state index is 0.0555. The monoisotopic (exact) mass is 398 g/mol. The largest absolute Gasteiger partial charge is 0.348 e. The molecule has 0 aliphatic rings. The quantitative estimate of drug-likeness (QED) is 0.662. The number of benzene rings is 3. The van der Waals surface area contributed by atoms with Crippen molar-refractivity contribution in [3.63, 3.8) is 0 Å². The number of carbonyl (C=O) groups excluding carboxylic acids is 1. The molecule has 0 saturated carbocycles. The lowest BCUT2D eigenvalue weighted by Crippen LogP contribution is -2.23. The van der Waals surface area contributed by atoms with E-state index in [0.717, 1.165) is 23.3 Å². The zero-order chi connectivity index (χ0) is 20.1. The minimum atomic E-state index is -3.91. The fourth-order valence-corrected chi connectivity index (χ4v) is 3.75. The van der Waals surface area contributed by atoms with Crippen LogP contribution in [-0.4, -0.2) is 14.3 Å². The van der Waals surface area contributed by atoms with Crippen LogP contribution in [-0.2, 0) is 16.6 Å². The van der Waals surface area contributed by atoms with Crippen LogP contribution in [0.5, 0.6) is 0 Å². The maximum absolute atomic E-state index is 13.0. The van der Waals surface area contributed by atoms with Crippen molar-refractivity contribution in [3.05, 3.63) is 95.3 Å². The van der Waals surface area contributed by atoms with Gasteiger partial charge in [0.25, 0.3) is 15.9 Å². The van der Waals surface area contributed by atoms with Gasteiger partial charge in [0.2, 0.25) is 0 Å². The average molecular weight is 398 g/mol. The van der Waals surface area contributed by atoms with Gasteiger partial charge in [0.1, 0.15) is 5.82 Å². The smallest absolute Gasteiger partial charge is 0.261 e. The van der Waals surface area contributed by atoms with Gasteiger partial charge in [-0.25, -0.2) is 12.8 Å². The Kier molecular flexibility index (Phi) is 5.75. The number of aryl methyl sites for hydroxylation is 1. The molecule has 2 N–H and O–H groups in total. The fourth-order valence-electron chi connectivity index (χ4n) is 2.64. The Bertz CT molecular complexity index is 1100. The molecule has 1 amide bonds. The Morgan fingerprint density at radius 3 is 2.39 bits per heavy atom. The van der Waals surface area contributed by atoms with Gasteiger partial charge in [0, 0.05) is 17.8 Å². The van der Waals surface area contributed by atoms with E-state index in [9.17, 15) is 17.6 Å². The van der Waals surface area contributed by atoms with E-state index < -0.39 is 15.8 Å². The summed E-state index contributed by atoms with van der Waals surface area (Å²) < 4.78 is 40.4. The number of hydrogen-bond donors (Lipinski definition) is 2. The van der Waals surface area contributed by atoms with Gasteiger partial charge in [-0.2, -0.15) is 0 Å². The Morgan fingerprint density at radius 1 is 0.964 bits per heavy atom. The second kappa shape index (κ2) is 8.22. The van der Waals surface area contributed by atoms with Crippen molar-refractivity contribution in [1.82, 2.24) is 5.32 Å². The molecule has 0 atom stereocenters. The van der Waals surface area contributed by atoms with E-state index in [-0.39, 0.29) is 22.1 Å². The number of rotatable bonds is 6. The van der Waals surface area contributed by atoms with Crippen LogP contribution >= 0.6 is 0 Å². The molecule has 3 aromatic carbocycles. The van der Waals surface area contributed by atoms with Crippen molar-refractivity contribution < 1.29 is 17.6 Å². The fraction of sp³-hybridized carbons (Fsp3) is 0.0952. The first-order valence-electron chi connectivity index (χ1n) is 8.56. The molecular weight excluding hydrogens is 379 g/mol. The number of hydrogen-bond acceptors (Lipinski definition) is 3. The zero-order valence-electron chi connectivity index (χ0n) is 15.1. The van der Waals surface area contributed by atoms with Crippen LogP contribution in [0, 0.1) is 12.7 Å². The van der Waals surface area contributed by atoms with E-state index in [1.165, 1.54) is 30.3 Å². The van der Waals surface area contributed by atoms with Gasteiger partial charge in [-0.1, -0.05) is 35.9 Å². The summed E-state index contributed by atoms with van der Waals surface area (Å²) >= 11 is 0. The van der Waals surface area contributed by atoms with Crippen molar-refractivity contribution in [3.8, 4) is 0 Å². The number of amides is 1. The summed E-state index contributed by atoms with van der Waals surface area (Å²) in [6.07, 6.45) is 0. The first-order valence-corrected chi connectivity index (χ1v) is 10.0. The van der Waals surface area contributed by atoms with Crippen LogP contribution in [0.25, 0.3) is 0 Å². The summed E-state index contributed by atoms with van der Waals surface area (Å²) in [5.41, 5.74) is 2.51. The van der Waals surface area contributed by atoms with Crippen molar-refractivity contribution in [2.75, 3.05) is 4.72 Å². The molecule has 0 radical (unpaired) electrons. The van der Waals surface area contributed by atoms with Crippen LogP contribution in [0.4, 0.5) is 10.1 Å². The molecule has 0 unspecified atom stereocenters. The van der Waals surface area contributed by atoms with Crippen LogP contribution in [0.3, 0.4) is 0 Å². The Balaban J connectivity index is 1.73. The SMILES string of the molecule is Cc1cccc(CNC(=O)c2cccc(S(=O)(=O)Nc3ccc(F)cc3)c2)c1. The predicted octanol–water partition coefficient (Wildman–Crippen LogP) is 3.86. The lowest BCUT2D eigenvalue weighted by molar-refractivity contribution is 0.0950. The van der Waals surface area contributed by atoms with E-state index in [1.54, 1.807) is 6.07 Å². The zero-order valence-corrected chi connectivity index (χ0v) is 16.0. The molecule has 0 fully saturated rings. The van der Waals surface area contributed by atoms with Crippen molar-refractivity contribution in [1.29, 1.82) is 0 Å². The molecule has 0 spiro atoms. The third-order valence-electron chi connectivity index (χ3n) is 4.04. The van der Waals surface area contributed by atoms with Crippen molar-refractivity contribution >= 4 is 21.6 Å². The number of carbonyl (C=O) groups is 1. The lowest BCUT2D eigenvalue weighted by Gasteiger charge is -2.10. The van der Waals surface area contributed by atoms with Crippen LogP contribution in [0.15, 0.2) is 77.7 Å². The summed E-state index contributed by atoms with van der Waals surface area (Å²) in [7, 11) is -3.91. The van der Waals surface area contributed by atoms with Crippen LogP contribution in [0.1, 0.15) is 21.5 Å². The van der Waals surface area contributed by atoms with E-state index >= 15 is 0 Å². The van der Waals surface area contributed by atoms with Gasteiger partial charge in [-0.05, 0) is 55.0 Å². The van der Waals surface area contributed by atoms with E-state index in [1.807, 2.05) is 31.2 Å². The summed E-state index contributed by atoms with van der Waals surface area (Å²) in [6, 6.07) is 18.5. The highest BCUT2D eigenvalue weighted by Gasteiger charge is 2.16. The van der Waals surface area contributed by atoms with Crippen LogP contribution < -0.4 is 10.0 Å². The molecule has 0 saturated heterocycles. The van der Waals surface area contributed by atoms with Gasteiger partial charge in [-0.3, -0.25) is 9.52 Å². The predicted molar refractivity (Wildman–Crippen MR) is 106 cm³/mol. The Hall–Kier alpha value is -3.19. The van der Waals surface area contributed by atoms with Gasteiger partial charge < -0.3 is 5.32 Å². The molecule has 7 heteroatoms. The lowest BCUT2D eigenvalue weighted by atomic mass is 10.1. The Morgan fingerprint density at radius 2 is 1.68 bits per heavy atom. The van der Waals surface area contributed by atoms with E-state index in [4.69, 9.17) is 0 Å². The number of nitrogens with one attached hydrogen (secondary N) is 2. The van der Waals surface area contributed by atoms with E-state index in [2.05, 4.69) is 10.0 Å². The number of anilines is 1. The third kappa shape index (κ3) is 4.95. The molecule has 0 aliphatic heterocycles. The first-order chi connectivity index (χ1) is 13.3. The minimum Gasteiger partial charge on any atom is -0.348 e. The normalized spacial score (nSPS) is 11.1. The maximum atomic E-state index is 13.0. The number of sulfonamides is 1. The molecule has 0 heterocycles. The van der Waals surface area contributed by atoms with Crippen LogP contribution in [0.2, 0.25) is 0 Å². The molecule has 0 aliphatic carbocycles. The summed E-state index contributed by atoms with van der Waals surface area (Å²) in [5.74, 6) is -0.837. The molecular formula is C21H19FN2O3S. The van der Waals surface area contributed by atoms with Gasteiger partial charge in [0.05, 0.1) is 4.90 Å². The Labute approximate surface area is 163 Å². The summed E-state index contributed by atoms with van der Waals surface area (Å²) in [6.45, 7) is 2.30. The van der Waals surface area contributed by atoms with Gasteiger partial charge >= 0.3 is 0 Å². The van der Waals surface area contributed by atoms with E-state index in [0.29, 0.717) is 6.54 Å². The summed E-state index contributed by atoms with van der Waals surface area (Å²) in [4.78, 5) is 12.4. The molecule has 144 valence electrons. The van der Waals surface area contributed by atoms with Gasteiger partial charge in [0.15, 0.2) is 0 Å². The molecule has 0 aromatic heterocycles. The molecule has 3 aromatic rings. The standard InChI is InChI=1S/C21H19FN2O3S/c1-15-4-2-5-16(12-15)14-23-21(25)17-6-3-7-20(13-17)28(26,27)24-19-10-8-18(22)9-11-19/h2-13,24H,14H2,1H3,(H,23,25). The molecule has 0 bridgehead atoms. The maximum Gasteiger partial charge on any atom is 0.261 e. The highest BCUT2D eigenvalue weighted by Crippen LogP contribution is 2.17. The highest BCUT2D eigenvalue weighted by atomic mass is 32.2. The molecule has 5 nitrogen and oxygen atoms in total. The second-order valence-electron chi connectivity index (χ2n) is 6.31. The first kappa shape index (κ1) is 19.6. The summed E-state index contributed by atoms with van der Waals surface area (Å²) in [5, 5.41) is 2.78. The highest BCUT2D eigenvalue weighted by molar-refractivity contribution is 7.92. The van der Waals surface area contributed by atoms with Gasteiger partial charge in [-0.15, -0.1) is 0 Å². The van der Waals surface area contributed by atoms with Crippen molar-refractivity contribution in [2.24, 2.45) is 0 Å². The topological polar surface area (TPSA) is 75.3 Å². The number of halogens is 1. The average Bonchev–Trinajstić information content (AvgIpc) is 2.68.